The number of halogens is 1. The van der Waals surface area contributed by atoms with Gasteiger partial charge in [-0.25, -0.2) is 9.78 Å². The first-order chi connectivity index (χ1) is 9.69. The number of aromatic nitrogens is 2. The third-order valence-electron chi connectivity index (χ3n) is 2.76. The summed E-state index contributed by atoms with van der Waals surface area (Å²) in [6.45, 7) is 1.68. The molecule has 0 bridgehead atoms. The van der Waals surface area contributed by atoms with E-state index in [-0.39, 0.29) is 16.3 Å². The Labute approximate surface area is 129 Å². The number of aromatic carboxylic acids is 1. The topological polar surface area (TPSA) is 101 Å². The summed E-state index contributed by atoms with van der Waals surface area (Å²) in [5.74, 6) is -0.596. The molecule has 0 aliphatic carbocycles. The molecule has 1 heterocycles. The number of anilines is 1. The third kappa shape index (κ3) is 3.42. The Morgan fingerprint density at radius 2 is 2.05 bits per heavy atom. The van der Waals surface area contributed by atoms with E-state index in [9.17, 15) is 13.2 Å². The molecule has 21 heavy (non-hydrogen) atoms. The largest absolute Gasteiger partial charge is 0.478 e. The van der Waals surface area contributed by atoms with E-state index in [1.54, 1.807) is 18.5 Å². The zero-order chi connectivity index (χ0) is 15.8. The number of carbonyl (C=O) groups is 1. The van der Waals surface area contributed by atoms with Gasteiger partial charge in [-0.3, -0.25) is 4.72 Å². The van der Waals surface area contributed by atoms with Crippen LogP contribution in [0.25, 0.3) is 0 Å². The Morgan fingerprint density at radius 3 is 2.57 bits per heavy atom. The van der Waals surface area contributed by atoms with Gasteiger partial charge in [0.1, 0.15) is 5.82 Å². The average molecular weight is 374 g/mol. The van der Waals surface area contributed by atoms with E-state index in [0.717, 1.165) is 0 Å². The SMILES string of the molecule is Cc1nc(S(=O)(=O)Nc2cc(Br)cc(C(=O)O)c2)cn1C. The van der Waals surface area contributed by atoms with Crippen LogP contribution in [-0.4, -0.2) is 29.0 Å². The smallest absolute Gasteiger partial charge is 0.335 e. The van der Waals surface area contributed by atoms with Crippen LogP contribution in [-0.2, 0) is 17.1 Å². The standard InChI is InChI=1S/C12H12BrN3O4S/c1-7-14-11(6-16(7)2)21(19,20)15-10-4-8(12(17)18)3-9(13)5-10/h3-6,15H,1-2H3,(H,17,18). The van der Waals surface area contributed by atoms with E-state index in [1.165, 1.54) is 24.4 Å². The maximum Gasteiger partial charge on any atom is 0.335 e. The highest BCUT2D eigenvalue weighted by molar-refractivity contribution is 9.10. The number of hydrogen-bond donors (Lipinski definition) is 2. The van der Waals surface area contributed by atoms with Gasteiger partial charge in [-0.05, 0) is 25.1 Å². The molecule has 2 rings (SSSR count). The molecule has 7 nitrogen and oxygen atoms in total. The van der Waals surface area contributed by atoms with Gasteiger partial charge in [-0.2, -0.15) is 8.42 Å². The van der Waals surface area contributed by atoms with Crippen LogP contribution in [0.1, 0.15) is 16.2 Å². The number of carboxylic acid groups (broad SMARTS) is 1. The second-order valence-electron chi connectivity index (χ2n) is 4.38. The average Bonchev–Trinajstić information content (AvgIpc) is 2.69. The Bertz CT molecular complexity index is 794. The summed E-state index contributed by atoms with van der Waals surface area (Å²) in [6.07, 6.45) is 1.38. The minimum atomic E-state index is -3.87. The Morgan fingerprint density at radius 1 is 1.38 bits per heavy atom. The lowest BCUT2D eigenvalue weighted by Gasteiger charge is -2.07. The number of sulfonamides is 1. The molecule has 2 aromatic rings. The molecule has 9 heteroatoms. The number of benzene rings is 1. The molecule has 0 fully saturated rings. The summed E-state index contributed by atoms with van der Waals surface area (Å²) in [5, 5.41) is 8.85. The van der Waals surface area contributed by atoms with Gasteiger partial charge >= 0.3 is 5.97 Å². The van der Waals surface area contributed by atoms with Crippen molar-refractivity contribution in [3.63, 3.8) is 0 Å². The first-order valence-electron chi connectivity index (χ1n) is 5.76. The molecule has 0 saturated carbocycles. The highest BCUT2D eigenvalue weighted by Crippen LogP contribution is 2.22. The van der Waals surface area contributed by atoms with Crippen molar-refractivity contribution in [3.05, 3.63) is 40.3 Å². The lowest BCUT2D eigenvalue weighted by Crippen LogP contribution is -2.14. The summed E-state index contributed by atoms with van der Waals surface area (Å²) < 4.78 is 28.8. The molecule has 1 aromatic carbocycles. The minimum absolute atomic E-state index is 0.0284. The fourth-order valence-corrected chi connectivity index (χ4v) is 3.21. The molecule has 2 N–H and O–H groups in total. The quantitative estimate of drug-likeness (QED) is 0.852. The summed E-state index contributed by atoms with van der Waals surface area (Å²) in [7, 11) is -2.19. The molecule has 0 radical (unpaired) electrons. The molecule has 112 valence electrons. The van der Waals surface area contributed by atoms with Gasteiger partial charge in [0.2, 0.25) is 0 Å². The van der Waals surface area contributed by atoms with Gasteiger partial charge in [0.05, 0.1) is 11.3 Å². The molecule has 0 unspecified atom stereocenters. The lowest BCUT2D eigenvalue weighted by atomic mass is 10.2. The van der Waals surface area contributed by atoms with Crippen LogP contribution in [0.3, 0.4) is 0 Å². The highest BCUT2D eigenvalue weighted by Gasteiger charge is 2.19. The van der Waals surface area contributed by atoms with Crippen molar-refractivity contribution in [2.24, 2.45) is 7.05 Å². The van der Waals surface area contributed by atoms with Gasteiger partial charge in [0.25, 0.3) is 10.0 Å². The molecule has 0 saturated heterocycles. The molecule has 0 atom stereocenters. The van der Waals surface area contributed by atoms with E-state index in [4.69, 9.17) is 5.11 Å². The monoisotopic (exact) mass is 373 g/mol. The second kappa shape index (κ2) is 5.49. The van der Waals surface area contributed by atoms with Crippen LogP contribution in [0.15, 0.2) is 33.9 Å². The van der Waals surface area contributed by atoms with Gasteiger partial charge in [-0.1, -0.05) is 15.9 Å². The van der Waals surface area contributed by atoms with Gasteiger partial charge in [0, 0.05) is 17.7 Å². The van der Waals surface area contributed by atoms with E-state index >= 15 is 0 Å². The lowest BCUT2D eigenvalue weighted by molar-refractivity contribution is 0.0697. The molecule has 0 spiro atoms. The van der Waals surface area contributed by atoms with E-state index in [2.05, 4.69) is 25.6 Å². The highest BCUT2D eigenvalue weighted by atomic mass is 79.9. The van der Waals surface area contributed by atoms with Crippen LogP contribution in [0.4, 0.5) is 5.69 Å². The minimum Gasteiger partial charge on any atom is -0.478 e. The maximum absolute atomic E-state index is 12.2. The van der Waals surface area contributed by atoms with E-state index in [0.29, 0.717) is 10.3 Å². The van der Waals surface area contributed by atoms with Crippen molar-refractivity contribution in [1.82, 2.24) is 9.55 Å². The van der Waals surface area contributed by atoms with Crippen molar-refractivity contribution in [2.75, 3.05) is 4.72 Å². The number of nitrogens with one attached hydrogen (secondary N) is 1. The van der Waals surface area contributed by atoms with E-state index < -0.39 is 16.0 Å². The van der Waals surface area contributed by atoms with Crippen molar-refractivity contribution in [1.29, 1.82) is 0 Å². The van der Waals surface area contributed by atoms with Crippen molar-refractivity contribution >= 4 is 37.6 Å². The van der Waals surface area contributed by atoms with Crippen molar-refractivity contribution < 1.29 is 18.3 Å². The maximum atomic E-state index is 12.2. The third-order valence-corrected chi connectivity index (χ3v) is 4.47. The zero-order valence-corrected chi connectivity index (χ0v) is 13.6. The molecular formula is C12H12BrN3O4S. The second-order valence-corrected chi connectivity index (χ2v) is 6.92. The van der Waals surface area contributed by atoms with Crippen LogP contribution >= 0.6 is 15.9 Å². The Kier molecular flexibility index (Phi) is 4.06. The number of rotatable bonds is 4. The number of hydrogen-bond acceptors (Lipinski definition) is 4. The van der Waals surface area contributed by atoms with Crippen molar-refractivity contribution in [3.8, 4) is 0 Å². The summed E-state index contributed by atoms with van der Waals surface area (Å²) >= 11 is 3.14. The molecule has 0 amide bonds. The predicted octanol–water partition coefficient (Wildman–Crippen LogP) is 1.99. The first-order valence-corrected chi connectivity index (χ1v) is 8.03. The number of imidazole rings is 1. The molecule has 1 aromatic heterocycles. The molecular weight excluding hydrogens is 362 g/mol. The summed E-state index contributed by atoms with van der Waals surface area (Å²) in [5.41, 5.74) is 0.115. The van der Waals surface area contributed by atoms with Crippen LogP contribution < -0.4 is 4.72 Å². The summed E-state index contributed by atoms with van der Waals surface area (Å²) in [4.78, 5) is 14.9. The van der Waals surface area contributed by atoms with Gasteiger partial charge in [-0.15, -0.1) is 0 Å². The van der Waals surface area contributed by atoms with Gasteiger partial charge < -0.3 is 9.67 Å². The molecule has 0 aliphatic heterocycles. The van der Waals surface area contributed by atoms with Gasteiger partial charge in [0.15, 0.2) is 5.03 Å². The number of carboxylic acids is 1. The number of nitrogens with zero attached hydrogens (tertiary/aromatic N) is 2. The molecule has 0 aliphatic rings. The van der Waals surface area contributed by atoms with Crippen LogP contribution in [0, 0.1) is 6.92 Å². The van der Waals surface area contributed by atoms with E-state index in [1.807, 2.05) is 0 Å². The van der Waals surface area contributed by atoms with Crippen molar-refractivity contribution in [2.45, 2.75) is 11.9 Å². The summed E-state index contributed by atoms with van der Waals surface area (Å²) in [6, 6.07) is 4.09. The first kappa shape index (κ1) is 15.5. The Balaban J connectivity index is 2.39. The zero-order valence-electron chi connectivity index (χ0n) is 11.2. The predicted molar refractivity (Wildman–Crippen MR) is 79.9 cm³/mol. The Hall–Kier alpha value is -1.87. The fourth-order valence-electron chi connectivity index (χ4n) is 1.64. The number of aryl methyl sites for hydroxylation is 2. The normalized spacial score (nSPS) is 11.4. The van der Waals surface area contributed by atoms with Crippen LogP contribution in [0.5, 0.6) is 0 Å². The van der Waals surface area contributed by atoms with Crippen LogP contribution in [0.2, 0.25) is 0 Å². The fraction of sp³-hybridized carbons (Fsp3) is 0.167.